The molecular formula is C16H28N2O2. The number of carbonyl (C=O) groups is 1. The number of amides is 1. The van der Waals surface area contributed by atoms with Crippen LogP contribution in [-0.2, 0) is 4.79 Å². The van der Waals surface area contributed by atoms with Gasteiger partial charge in [-0.1, -0.05) is 18.9 Å². The number of hydrogen-bond acceptors (Lipinski definition) is 3. The van der Waals surface area contributed by atoms with Crippen molar-refractivity contribution in [2.24, 2.45) is 5.92 Å². The molecule has 0 aromatic carbocycles. The van der Waals surface area contributed by atoms with E-state index < -0.39 is 0 Å². The summed E-state index contributed by atoms with van der Waals surface area (Å²) in [6.45, 7) is 6.34. The second-order valence-electron chi connectivity index (χ2n) is 6.09. The lowest BCUT2D eigenvalue weighted by atomic mass is 9.78. The zero-order valence-electron chi connectivity index (χ0n) is 12.5. The van der Waals surface area contributed by atoms with E-state index in [1.165, 1.54) is 32.1 Å². The van der Waals surface area contributed by atoms with Gasteiger partial charge in [-0.25, -0.2) is 0 Å². The van der Waals surface area contributed by atoms with Gasteiger partial charge in [0.2, 0.25) is 5.91 Å². The van der Waals surface area contributed by atoms with Crippen LogP contribution < -0.4 is 0 Å². The monoisotopic (exact) mass is 280 g/mol. The second kappa shape index (κ2) is 7.79. The maximum atomic E-state index is 12.6. The van der Waals surface area contributed by atoms with E-state index in [4.69, 9.17) is 5.11 Å². The van der Waals surface area contributed by atoms with Crippen LogP contribution in [0.15, 0.2) is 12.7 Å². The van der Waals surface area contributed by atoms with Crippen molar-refractivity contribution in [2.45, 2.75) is 44.6 Å². The summed E-state index contributed by atoms with van der Waals surface area (Å²) in [7, 11) is 0. The van der Waals surface area contributed by atoms with Gasteiger partial charge in [0.05, 0.1) is 13.2 Å². The Morgan fingerprint density at radius 2 is 2.05 bits per heavy atom. The van der Waals surface area contributed by atoms with Crippen LogP contribution in [0.3, 0.4) is 0 Å². The predicted molar refractivity (Wildman–Crippen MR) is 80.4 cm³/mol. The molecule has 1 heterocycles. The van der Waals surface area contributed by atoms with Crippen LogP contribution in [0.2, 0.25) is 0 Å². The summed E-state index contributed by atoms with van der Waals surface area (Å²) in [4.78, 5) is 16.7. The predicted octanol–water partition coefficient (Wildman–Crippen LogP) is 1.65. The summed E-state index contributed by atoms with van der Waals surface area (Å²) >= 11 is 0. The number of carbonyl (C=O) groups excluding carboxylic acids is 1. The van der Waals surface area contributed by atoms with Gasteiger partial charge in [-0.05, 0) is 31.6 Å². The molecule has 2 aliphatic rings. The molecule has 1 saturated carbocycles. The number of rotatable bonds is 6. The third-order valence-electron chi connectivity index (χ3n) is 4.73. The van der Waals surface area contributed by atoms with E-state index >= 15 is 0 Å². The van der Waals surface area contributed by atoms with Crippen LogP contribution in [0.4, 0.5) is 0 Å². The molecule has 0 aromatic heterocycles. The lowest BCUT2D eigenvalue weighted by Gasteiger charge is -2.44. The van der Waals surface area contributed by atoms with Gasteiger partial charge >= 0.3 is 0 Å². The maximum Gasteiger partial charge on any atom is 0.237 e. The third-order valence-corrected chi connectivity index (χ3v) is 4.73. The Bertz CT molecular complexity index is 330. The van der Waals surface area contributed by atoms with E-state index in [1.807, 2.05) is 4.90 Å². The summed E-state index contributed by atoms with van der Waals surface area (Å²) in [6, 6.07) is 0.477. The van der Waals surface area contributed by atoms with Crippen molar-refractivity contribution in [2.75, 3.05) is 32.8 Å². The van der Waals surface area contributed by atoms with E-state index in [0.717, 1.165) is 18.9 Å². The number of hydrogen-bond donors (Lipinski definition) is 1. The zero-order valence-corrected chi connectivity index (χ0v) is 12.5. The van der Waals surface area contributed by atoms with Gasteiger partial charge in [0.15, 0.2) is 0 Å². The first-order valence-corrected chi connectivity index (χ1v) is 8.00. The highest BCUT2D eigenvalue weighted by Crippen LogP contribution is 2.35. The van der Waals surface area contributed by atoms with E-state index in [0.29, 0.717) is 25.7 Å². The van der Waals surface area contributed by atoms with Crippen molar-refractivity contribution in [1.29, 1.82) is 0 Å². The van der Waals surface area contributed by atoms with Crippen LogP contribution in [0.25, 0.3) is 0 Å². The first kappa shape index (κ1) is 15.5. The van der Waals surface area contributed by atoms with Crippen molar-refractivity contribution in [3.8, 4) is 0 Å². The van der Waals surface area contributed by atoms with E-state index in [1.54, 1.807) is 6.08 Å². The van der Waals surface area contributed by atoms with Gasteiger partial charge < -0.3 is 10.0 Å². The van der Waals surface area contributed by atoms with Crippen LogP contribution >= 0.6 is 0 Å². The Labute approximate surface area is 122 Å². The SMILES string of the molecule is C=CCN(CCO)CC(=O)N1CCCC2CCCCC21. The summed E-state index contributed by atoms with van der Waals surface area (Å²) in [5.41, 5.74) is 0. The molecule has 1 aliphatic carbocycles. The smallest absolute Gasteiger partial charge is 0.237 e. The summed E-state index contributed by atoms with van der Waals surface area (Å²) < 4.78 is 0. The van der Waals surface area contributed by atoms with Crippen molar-refractivity contribution in [3.05, 3.63) is 12.7 Å². The Hall–Kier alpha value is -0.870. The van der Waals surface area contributed by atoms with E-state index in [9.17, 15) is 4.79 Å². The van der Waals surface area contributed by atoms with Gasteiger partial charge in [-0.3, -0.25) is 9.69 Å². The lowest BCUT2D eigenvalue weighted by Crippen LogP contribution is -2.52. The molecule has 0 radical (unpaired) electrons. The lowest BCUT2D eigenvalue weighted by molar-refractivity contribution is -0.138. The molecule has 2 rings (SSSR count). The average Bonchev–Trinajstić information content (AvgIpc) is 2.47. The topological polar surface area (TPSA) is 43.8 Å². The molecule has 2 unspecified atom stereocenters. The molecule has 2 atom stereocenters. The molecule has 1 amide bonds. The normalized spacial score (nSPS) is 26.4. The van der Waals surface area contributed by atoms with Crippen LogP contribution in [0.1, 0.15) is 38.5 Å². The quantitative estimate of drug-likeness (QED) is 0.752. The standard InChI is InChI=1S/C16H28N2O2/c1-2-9-17(11-12-19)13-16(20)18-10-5-7-14-6-3-4-8-15(14)18/h2,14-15,19H,1,3-13H2. The fraction of sp³-hybridized carbons (Fsp3) is 0.812. The van der Waals surface area contributed by atoms with Crippen LogP contribution in [0, 0.1) is 5.92 Å². The minimum atomic E-state index is 0.0904. The Kier molecular flexibility index (Phi) is 6.05. The molecule has 4 heteroatoms. The van der Waals surface area contributed by atoms with Crippen molar-refractivity contribution in [1.82, 2.24) is 9.80 Å². The third kappa shape index (κ3) is 3.83. The Morgan fingerprint density at radius 1 is 1.30 bits per heavy atom. The highest BCUT2D eigenvalue weighted by Gasteiger charge is 2.35. The van der Waals surface area contributed by atoms with Crippen LogP contribution in [0.5, 0.6) is 0 Å². The zero-order chi connectivity index (χ0) is 14.4. The van der Waals surface area contributed by atoms with Gasteiger partial charge in [0.1, 0.15) is 0 Å². The fourth-order valence-corrected chi connectivity index (χ4v) is 3.78. The first-order valence-electron chi connectivity index (χ1n) is 8.00. The molecule has 1 aliphatic heterocycles. The molecule has 1 N–H and O–H groups in total. The molecule has 4 nitrogen and oxygen atoms in total. The molecule has 0 bridgehead atoms. The van der Waals surface area contributed by atoms with Crippen molar-refractivity contribution >= 4 is 5.91 Å². The summed E-state index contributed by atoms with van der Waals surface area (Å²) in [6.07, 6.45) is 9.30. The number of aliphatic hydroxyl groups excluding tert-OH is 1. The Balaban J connectivity index is 1.93. The van der Waals surface area contributed by atoms with Crippen LogP contribution in [-0.4, -0.2) is 59.6 Å². The van der Waals surface area contributed by atoms with Gasteiger partial charge in [0.25, 0.3) is 0 Å². The largest absolute Gasteiger partial charge is 0.395 e. The second-order valence-corrected chi connectivity index (χ2v) is 6.09. The minimum absolute atomic E-state index is 0.0904. The molecule has 20 heavy (non-hydrogen) atoms. The summed E-state index contributed by atoms with van der Waals surface area (Å²) in [5, 5.41) is 9.07. The number of likely N-dealkylation sites (tertiary alicyclic amines) is 1. The number of aliphatic hydroxyl groups is 1. The maximum absolute atomic E-state index is 12.6. The average molecular weight is 280 g/mol. The molecule has 0 aromatic rings. The van der Waals surface area contributed by atoms with E-state index in [2.05, 4.69) is 11.5 Å². The first-order chi connectivity index (χ1) is 9.76. The molecule has 1 saturated heterocycles. The minimum Gasteiger partial charge on any atom is -0.395 e. The molecule has 0 spiro atoms. The fourth-order valence-electron chi connectivity index (χ4n) is 3.78. The van der Waals surface area contributed by atoms with E-state index in [-0.39, 0.29) is 12.5 Å². The number of fused-ring (bicyclic) bond motifs is 1. The molecule has 114 valence electrons. The van der Waals surface area contributed by atoms with Crippen molar-refractivity contribution < 1.29 is 9.90 Å². The summed E-state index contributed by atoms with van der Waals surface area (Å²) in [5.74, 6) is 0.962. The molecular weight excluding hydrogens is 252 g/mol. The van der Waals surface area contributed by atoms with Gasteiger partial charge in [-0.2, -0.15) is 0 Å². The number of nitrogens with zero attached hydrogens (tertiary/aromatic N) is 2. The Morgan fingerprint density at radius 3 is 2.80 bits per heavy atom. The highest BCUT2D eigenvalue weighted by atomic mass is 16.3. The van der Waals surface area contributed by atoms with Crippen molar-refractivity contribution in [3.63, 3.8) is 0 Å². The van der Waals surface area contributed by atoms with Gasteiger partial charge in [0, 0.05) is 25.7 Å². The van der Waals surface area contributed by atoms with Gasteiger partial charge in [-0.15, -0.1) is 6.58 Å². The molecule has 2 fully saturated rings. The highest BCUT2D eigenvalue weighted by molar-refractivity contribution is 5.78. The number of piperidine rings is 1.